The molecule has 0 saturated heterocycles. The Morgan fingerprint density at radius 1 is 1.06 bits per heavy atom. The van der Waals surface area contributed by atoms with Gasteiger partial charge in [-0.1, -0.05) is 30.3 Å². The van der Waals surface area contributed by atoms with Crippen LogP contribution in [0.4, 0.5) is 0 Å². The van der Waals surface area contributed by atoms with Gasteiger partial charge in [-0.2, -0.15) is 0 Å². The molecule has 1 fully saturated rings. The average Bonchev–Trinajstić information content (AvgIpc) is 2.75. The van der Waals surface area contributed by atoms with E-state index in [4.69, 9.17) is 4.74 Å². The first-order chi connectivity index (χ1) is 8.31. The molecule has 0 aromatic heterocycles. The van der Waals surface area contributed by atoms with E-state index in [-0.39, 0.29) is 6.10 Å². The van der Waals surface area contributed by atoms with Gasteiger partial charge in [-0.15, -0.1) is 0 Å². The second-order valence-electron chi connectivity index (χ2n) is 4.53. The minimum absolute atomic E-state index is 0.0728. The van der Waals surface area contributed by atoms with Gasteiger partial charge in [0.2, 0.25) is 0 Å². The summed E-state index contributed by atoms with van der Waals surface area (Å²) in [5.74, 6) is 1.18. The van der Waals surface area contributed by atoms with Crippen molar-refractivity contribution in [1.29, 1.82) is 0 Å². The zero-order chi connectivity index (χ0) is 11.7. The Morgan fingerprint density at radius 3 is 2.65 bits per heavy atom. The Morgan fingerprint density at radius 2 is 1.88 bits per heavy atom. The molecule has 2 nitrogen and oxygen atoms in total. The summed E-state index contributed by atoms with van der Waals surface area (Å²) in [4.78, 5) is 11.2. The molecule has 1 saturated carbocycles. The minimum atomic E-state index is 0.0728. The van der Waals surface area contributed by atoms with Gasteiger partial charge >= 0.3 is 0 Å². The van der Waals surface area contributed by atoms with Crippen LogP contribution in [-0.4, -0.2) is 11.9 Å². The number of ether oxygens (including phenoxy) is 1. The molecule has 1 aliphatic carbocycles. The number of Topliss-reactive ketones (excluding diaryl/α,β-unsaturated/α-hetero) is 1. The van der Waals surface area contributed by atoms with Crippen molar-refractivity contribution in [2.45, 2.75) is 25.4 Å². The van der Waals surface area contributed by atoms with Gasteiger partial charge in [0.05, 0.1) is 0 Å². The highest BCUT2D eigenvalue weighted by Crippen LogP contribution is 2.25. The maximum atomic E-state index is 11.2. The van der Waals surface area contributed by atoms with E-state index in [9.17, 15) is 4.79 Å². The summed E-state index contributed by atoms with van der Waals surface area (Å²) in [6.07, 6.45) is 2.15. The van der Waals surface area contributed by atoms with Gasteiger partial charge in [0.1, 0.15) is 17.6 Å². The molecule has 2 aromatic rings. The maximum absolute atomic E-state index is 11.2. The van der Waals surface area contributed by atoms with Crippen LogP contribution in [0.25, 0.3) is 10.8 Å². The predicted molar refractivity (Wildman–Crippen MR) is 67.2 cm³/mol. The van der Waals surface area contributed by atoms with E-state index in [1.54, 1.807) is 0 Å². The molecule has 2 heteroatoms. The highest BCUT2D eigenvalue weighted by Gasteiger charge is 2.23. The monoisotopic (exact) mass is 226 g/mol. The molecule has 1 aliphatic rings. The first kappa shape index (κ1) is 10.3. The number of fused-ring (bicyclic) bond motifs is 1. The number of benzene rings is 2. The van der Waals surface area contributed by atoms with Gasteiger partial charge < -0.3 is 4.74 Å². The number of carbonyl (C=O) groups excluding carboxylic acids is 1. The van der Waals surface area contributed by atoms with Crippen molar-refractivity contribution in [3.8, 4) is 5.75 Å². The lowest BCUT2D eigenvalue weighted by atomic mass is 10.1. The molecule has 86 valence electrons. The summed E-state index contributed by atoms with van der Waals surface area (Å²) >= 11 is 0. The van der Waals surface area contributed by atoms with E-state index in [1.807, 2.05) is 24.3 Å². The van der Waals surface area contributed by atoms with Gasteiger partial charge in [-0.3, -0.25) is 4.79 Å². The van der Waals surface area contributed by atoms with Gasteiger partial charge in [-0.25, -0.2) is 0 Å². The Kier molecular flexibility index (Phi) is 2.56. The number of carbonyl (C=O) groups is 1. The normalized spacial score (nSPS) is 19.8. The summed E-state index contributed by atoms with van der Waals surface area (Å²) in [5, 5.41) is 2.39. The van der Waals surface area contributed by atoms with E-state index < -0.39 is 0 Å². The maximum Gasteiger partial charge on any atom is 0.136 e. The summed E-state index contributed by atoms with van der Waals surface area (Å²) in [5.41, 5.74) is 0. The van der Waals surface area contributed by atoms with E-state index in [1.165, 1.54) is 10.8 Å². The standard InChI is InChI=1S/C15H14O2/c16-13-6-8-15(10-13)17-14-7-5-11-3-1-2-4-12(11)9-14/h1-5,7,9,15H,6,8,10H2. The van der Waals surface area contributed by atoms with Crippen LogP contribution < -0.4 is 4.74 Å². The smallest absolute Gasteiger partial charge is 0.136 e. The van der Waals surface area contributed by atoms with Crippen LogP contribution in [0.1, 0.15) is 19.3 Å². The summed E-state index contributed by atoms with van der Waals surface area (Å²) in [6, 6.07) is 14.3. The molecule has 0 aliphatic heterocycles. The second kappa shape index (κ2) is 4.21. The van der Waals surface area contributed by atoms with E-state index >= 15 is 0 Å². The van der Waals surface area contributed by atoms with Crippen LogP contribution >= 0.6 is 0 Å². The highest BCUT2D eigenvalue weighted by molar-refractivity contribution is 5.84. The number of rotatable bonds is 2. The van der Waals surface area contributed by atoms with Gasteiger partial charge in [0, 0.05) is 12.8 Å². The molecule has 3 rings (SSSR count). The lowest BCUT2D eigenvalue weighted by Crippen LogP contribution is -2.11. The van der Waals surface area contributed by atoms with Crippen LogP contribution in [0.15, 0.2) is 42.5 Å². The Hall–Kier alpha value is -1.83. The zero-order valence-electron chi connectivity index (χ0n) is 9.56. The van der Waals surface area contributed by atoms with E-state index in [0.29, 0.717) is 18.6 Å². The predicted octanol–water partition coefficient (Wildman–Crippen LogP) is 3.34. The number of hydrogen-bond donors (Lipinski definition) is 0. The largest absolute Gasteiger partial charge is 0.490 e. The van der Waals surface area contributed by atoms with Gasteiger partial charge in [-0.05, 0) is 29.3 Å². The number of hydrogen-bond acceptors (Lipinski definition) is 2. The van der Waals surface area contributed by atoms with Crippen molar-refractivity contribution in [1.82, 2.24) is 0 Å². The van der Waals surface area contributed by atoms with Gasteiger partial charge in [0.25, 0.3) is 0 Å². The SMILES string of the molecule is O=C1CCC(Oc2ccc3ccccc3c2)C1. The highest BCUT2D eigenvalue weighted by atomic mass is 16.5. The molecule has 1 unspecified atom stereocenters. The minimum Gasteiger partial charge on any atom is -0.490 e. The summed E-state index contributed by atoms with van der Waals surface area (Å²) in [7, 11) is 0. The molecule has 0 spiro atoms. The fourth-order valence-corrected chi connectivity index (χ4v) is 2.31. The lowest BCUT2D eigenvalue weighted by molar-refractivity contribution is -0.117. The first-order valence-corrected chi connectivity index (χ1v) is 5.98. The molecule has 0 radical (unpaired) electrons. The van der Waals surface area contributed by atoms with Crippen molar-refractivity contribution in [2.75, 3.05) is 0 Å². The molecule has 2 aromatic carbocycles. The Bertz CT molecular complexity index is 560. The zero-order valence-corrected chi connectivity index (χ0v) is 9.56. The third-order valence-corrected chi connectivity index (χ3v) is 3.22. The molecule has 1 atom stereocenters. The van der Waals surface area contributed by atoms with Crippen molar-refractivity contribution >= 4 is 16.6 Å². The van der Waals surface area contributed by atoms with Crippen LogP contribution in [0.2, 0.25) is 0 Å². The molecular weight excluding hydrogens is 212 g/mol. The van der Waals surface area contributed by atoms with Gasteiger partial charge in [0.15, 0.2) is 0 Å². The molecular formula is C15H14O2. The Balaban J connectivity index is 1.83. The molecule has 17 heavy (non-hydrogen) atoms. The fraction of sp³-hybridized carbons (Fsp3) is 0.267. The van der Waals surface area contributed by atoms with Crippen molar-refractivity contribution in [2.24, 2.45) is 0 Å². The summed E-state index contributed by atoms with van der Waals surface area (Å²) < 4.78 is 5.83. The third kappa shape index (κ3) is 2.16. The quantitative estimate of drug-likeness (QED) is 0.785. The topological polar surface area (TPSA) is 26.3 Å². The second-order valence-corrected chi connectivity index (χ2v) is 4.53. The average molecular weight is 226 g/mol. The fourth-order valence-electron chi connectivity index (χ4n) is 2.31. The molecule has 0 bridgehead atoms. The van der Waals surface area contributed by atoms with Crippen LogP contribution in [0.5, 0.6) is 5.75 Å². The lowest BCUT2D eigenvalue weighted by Gasteiger charge is -2.12. The third-order valence-electron chi connectivity index (χ3n) is 3.22. The van der Waals surface area contributed by atoms with Crippen molar-refractivity contribution in [3.05, 3.63) is 42.5 Å². The van der Waals surface area contributed by atoms with Crippen LogP contribution in [0, 0.1) is 0 Å². The Labute approximate surface area is 100 Å². The first-order valence-electron chi connectivity index (χ1n) is 5.98. The van der Waals surface area contributed by atoms with Crippen molar-refractivity contribution < 1.29 is 9.53 Å². The number of ketones is 1. The van der Waals surface area contributed by atoms with E-state index in [2.05, 4.69) is 18.2 Å². The van der Waals surface area contributed by atoms with Crippen molar-refractivity contribution in [3.63, 3.8) is 0 Å². The molecule has 0 amide bonds. The molecule has 0 N–H and O–H groups in total. The van der Waals surface area contributed by atoms with Crippen LogP contribution in [0.3, 0.4) is 0 Å². The van der Waals surface area contributed by atoms with Crippen LogP contribution in [-0.2, 0) is 4.79 Å². The molecule has 0 heterocycles. The van der Waals surface area contributed by atoms with E-state index in [0.717, 1.165) is 12.2 Å². The summed E-state index contributed by atoms with van der Waals surface area (Å²) in [6.45, 7) is 0.